The molecule has 0 saturated carbocycles. The fourth-order valence-electron chi connectivity index (χ4n) is 3.45. The third kappa shape index (κ3) is 3.55. The van der Waals surface area contributed by atoms with Gasteiger partial charge in [-0.2, -0.15) is 0 Å². The van der Waals surface area contributed by atoms with Crippen LogP contribution in [0.1, 0.15) is 27.5 Å². The standard InChI is InChI=1S/C22H16BrFN2O2/c23-16-8-4-7-15(11-16)22(28)26-13-20(27)25-19-10-9-17(24)12-18(19)21(26)14-5-2-1-3-6-14/h1-12,21H,13H2,(H,25,27)/t21-/m1/s1. The van der Waals surface area contributed by atoms with E-state index in [-0.39, 0.29) is 18.4 Å². The zero-order valence-electron chi connectivity index (χ0n) is 14.7. The van der Waals surface area contributed by atoms with Gasteiger partial charge < -0.3 is 10.2 Å². The van der Waals surface area contributed by atoms with Crippen LogP contribution in [-0.2, 0) is 4.79 Å². The maximum atomic E-state index is 14.1. The topological polar surface area (TPSA) is 49.4 Å². The normalized spacial score (nSPS) is 16.1. The van der Waals surface area contributed by atoms with E-state index in [2.05, 4.69) is 21.2 Å². The van der Waals surface area contributed by atoms with E-state index >= 15 is 0 Å². The zero-order valence-corrected chi connectivity index (χ0v) is 16.3. The van der Waals surface area contributed by atoms with E-state index in [0.29, 0.717) is 16.8 Å². The van der Waals surface area contributed by atoms with Gasteiger partial charge in [-0.3, -0.25) is 9.59 Å². The lowest BCUT2D eigenvalue weighted by molar-refractivity contribution is -0.117. The lowest BCUT2D eigenvalue weighted by Crippen LogP contribution is -2.39. The summed E-state index contributed by atoms with van der Waals surface area (Å²) in [6, 6.07) is 19.9. The Bertz CT molecular complexity index is 1060. The Morgan fingerprint density at radius 2 is 1.82 bits per heavy atom. The third-order valence-corrected chi connectivity index (χ3v) is 5.15. The number of halogens is 2. The second-order valence-electron chi connectivity index (χ2n) is 6.54. The van der Waals surface area contributed by atoms with Crippen LogP contribution in [0.15, 0.2) is 77.3 Å². The summed E-state index contributed by atoms with van der Waals surface area (Å²) in [4.78, 5) is 27.4. The van der Waals surface area contributed by atoms with Gasteiger partial charge in [0.25, 0.3) is 5.91 Å². The maximum Gasteiger partial charge on any atom is 0.255 e. The van der Waals surface area contributed by atoms with Crippen molar-refractivity contribution in [1.29, 1.82) is 0 Å². The predicted octanol–water partition coefficient (Wildman–Crippen LogP) is 4.77. The van der Waals surface area contributed by atoms with Crippen molar-refractivity contribution in [2.24, 2.45) is 0 Å². The van der Waals surface area contributed by atoms with Crippen LogP contribution in [0, 0.1) is 5.82 Å². The van der Waals surface area contributed by atoms with Crippen LogP contribution >= 0.6 is 15.9 Å². The Labute approximate surface area is 170 Å². The van der Waals surface area contributed by atoms with Crippen LogP contribution in [0.25, 0.3) is 0 Å². The second kappa shape index (κ2) is 7.56. The van der Waals surface area contributed by atoms with Gasteiger partial charge in [-0.15, -0.1) is 0 Å². The Morgan fingerprint density at radius 3 is 2.57 bits per heavy atom. The van der Waals surface area contributed by atoms with Crippen molar-refractivity contribution in [2.45, 2.75) is 6.04 Å². The van der Waals surface area contributed by atoms with Crippen LogP contribution in [0.3, 0.4) is 0 Å². The Hall–Kier alpha value is -2.99. The monoisotopic (exact) mass is 438 g/mol. The lowest BCUT2D eigenvalue weighted by atomic mass is 9.95. The molecule has 3 aromatic carbocycles. The summed E-state index contributed by atoms with van der Waals surface area (Å²) < 4.78 is 14.9. The van der Waals surface area contributed by atoms with E-state index in [9.17, 15) is 14.0 Å². The highest BCUT2D eigenvalue weighted by atomic mass is 79.9. The Balaban J connectivity index is 1.89. The molecule has 4 rings (SSSR count). The molecule has 140 valence electrons. The number of hydrogen-bond donors (Lipinski definition) is 1. The van der Waals surface area contributed by atoms with Crippen LogP contribution in [-0.4, -0.2) is 23.3 Å². The number of anilines is 1. The van der Waals surface area contributed by atoms with Crippen molar-refractivity contribution in [2.75, 3.05) is 11.9 Å². The number of benzene rings is 3. The quantitative estimate of drug-likeness (QED) is 0.626. The van der Waals surface area contributed by atoms with Gasteiger partial charge in [0, 0.05) is 21.3 Å². The number of hydrogen-bond acceptors (Lipinski definition) is 2. The van der Waals surface area contributed by atoms with Gasteiger partial charge in [0.2, 0.25) is 5.91 Å². The van der Waals surface area contributed by atoms with Gasteiger partial charge >= 0.3 is 0 Å². The molecule has 0 saturated heterocycles. The van der Waals surface area contributed by atoms with E-state index in [1.807, 2.05) is 36.4 Å². The summed E-state index contributed by atoms with van der Waals surface area (Å²) in [6.07, 6.45) is 0. The summed E-state index contributed by atoms with van der Waals surface area (Å²) in [5, 5.41) is 2.79. The number of rotatable bonds is 2. The minimum atomic E-state index is -0.600. The molecule has 0 aliphatic carbocycles. The Morgan fingerprint density at radius 1 is 1.04 bits per heavy atom. The van der Waals surface area contributed by atoms with Crippen LogP contribution in [0.4, 0.5) is 10.1 Å². The molecule has 0 aromatic heterocycles. The highest BCUT2D eigenvalue weighted by Gasteiger charge is 2.34. The summed E-state index contributed by atoms with van der Waals surface area (Å²) >= 11 is 3.38. The number of amides is 2. The van der Waals surface area contributed by atoms with E-state index < -0.39 is 11.9 Å². The molecule has 0 bridgehead atoms. The Kier molecular flexibility index (Phi) is 4.96. The molecule has 0 radical (unpaired) electrons. The fourth-order valence-corrected chi connectivity index (χ4v) is 3.85. The number of nitrogens with zero attached hydrogens (tertiary/aromatic N) is 1. The summed E-state index contributed by atoms with van der Waals surface area (Å²) in [7, 11) is 0. The molecule has 1 aliphatic rings. The molecule has 3 aromatic rings. The van der Waals surface area contributed by atoms with Gasteiger partial charge in [-0.1, -0.05) is 52.3 Å². The molecule has 1 N–H and O–H groups in total. The molecule has 1 heterocycles. The molecule has 0 unspecified atom stereocenters. The maximum absolute atomic E-state index is 14.1. The first-order valence-corrected chi connectivity index (χ1v) is 9.53. The van der Waals surface area contributed by atoms with Crippen molar-refractivity contribution < 1.29 is 14.0 Å². The van der Waals surface area contributed by atoms with Crippen LogP contribution in [0.2, 0.25) is 0 Å². The molecule has 1 atom stereocenters. The molecule has 28 heavy (non-hydrogen) atoms. The fraction of sp³-hybridized carbons (Fsp3) is 0.0909. The average molecular weight is 439 g/mol. The first kappa shape index (κ1) is 18.4. The van der Waals surface area contributed by atoms with Crippen molar-refractivity contribution in [3.05, 3.63) is 99.8 Å². The summed E-state index contributed by atoms with van der Waals surface area (Å²) in [5.41, 5.74) is 2.29. The predicted molar refractivity (Wildman–Crippen MR) is 108 cm³/mol. The van der Waals surface area contributed by atoms with Gasteiger partial charge in [-0.05, 0) is 42.0 Å². The van der Waals surface area contributed by atoms with Crippen molar-refractivity contribution >= 4 is 33.4 Å². The largest absolute Gasteiger partial charge is 0.324 e. The smallest absolute Gasteiger partial charge is 0.255 e. The molecule has 0 spiro atoms. The number of carbonyl (C=O) groups excluding carboxylic acids is 2. The number of nitrogens with one attached hydrogen (secondary N) is 1. The third-order valence-electron chi connectivity index (χ3n) is 4.66. The first-order chi connectivity index (χ1) is 13.5. The van der Waals surface area contributed by atoms with Gasteiger partial charge in [0.1, 0.15) is 12.4 Å². The van der Waals surface area contributed by atoms with E-state index in [1.54, 1.807) is 18.2 Å². The van der Waals surface area contributed by atoms with E-state index in [4.69, 9.17) is 0 Å². The second-order valence-corrected chi connectivity index (χ2v) is 7.45. The van der Waals surface area contributed by atoms with Gasteiger partial charge in [0.15, 0.2) is 0 Å². The minimum absolute atomic E-state index is 0.138. The van der Waals surface area contributed by atoms with E-state index in [0.717, 1.165) is 10.0 Å². The van der Waals surface area contributed by atoms with E-state index in [1.165, 1.54) is 23.1 Å². The average Bonchev–Trinajstić information content (AvgIpc) is 2.83. The molecule has 1 aliphatic heterocycles. The van der Waals surface area contributed by atoms with Crippen molar-refractivity contribution in [1.82, 2.24) is 4.90 Å². The van der Waals surface area contributed by atoms with Crippen molar-refractivity contribution in [3.8, 4) is 0 Å². The van der Waals surface area contributed by atoms with Crippen LogP contribution < -0.4 is 5.32 Å². The highest BCUT2D eigenvalue weighted by molar-refractivity contribution is 9.10. The number of fused-ring (bicyclic) bond motifs is 1. The first-order valence-electron chi connectivity index (χ1n) is 8.74. The zero-order chi connectivity index (χ0) is 19.7. The highest BCUT2D eigenvalue weighted by Crippen LogP contribution is 2.37. The SMILES string of the molecule is O=C1CN(C(=O)c2cccc(Br)c2)[C@H](c2ccccc2)c2cc(F)ccc2N1. The molecular weight excluding hydrogens is 423 g/mol. The summed E-state index contributed by atoms with van der Waals surface area (Å²) in [6.45, 7) is -0.138. The van der Waals surface area contributed by atoms with Crippen LogP contribution in [0.5, 0.6) is 0 Å². The molecular formula is C22H16BrFN2O2. The molecule has 6 heteroatoms. The molecule has 2 amide bonds. The molecule has 4 nitrogen and oxygen atoms in total. The van der Waals surface area contributed by atoms with Gasteiger partial charge in [-0.25, -0.2) is 4.39 Å². The number of carbonyl (C=O) groups is 2. The minimum Gasteiger partial charge on any atom is -0.324 e. The molecule has 0 fully saturated rings. The summed E-state index contributed by atoms with van der Waals surface area (Å²) in [5.74, 6) is -1.05. The van der Waals surface area contributed by atoms with Gasteiger partial charge in [0.05, 0.1) is 6.04 Å². The lowest BCUT2D eigenvalue weighted by Gasteiger charge is -2.30. The van der Waals surface area contributed by atoms with Crippen molar-refractivity contribution in [3.63, 3.8) is 0 Å².